The Morgan fingerprint density at radius 1 is 0.734 bits per heavy atom. The van der Waals surface area contributed by atoms with Crippen LogP contribution in [0.25, 0.3) is 0 Å². The first kappa shape index (κ1) is 65.5. The molecule has 438 valence electrons. The van der Waals surface area contributed by atoms with Crippen molar-refractivity contribution < 1.29 is 52.6 Å². The van der Waals surface area contributed by atoms with E-state index in [4.69, 9.17) is 14.2 Å². The first-order chi connectivity index (χ1) is 37.7. The number of ether oxygens (including phenoxy) is 3. The predicted octanol–water partition coefficient (Wildman–Crippen LogP) is 5.36. The maximum atomic E-state index is 14.7. The van der Waals surface area contributed by atoms with Gasteiger partial charge in [-0.25, -0.2) is 0 Å². The van der Waals surface area contributed by atoms with Gasteiger partial charge < -0.3 is 34.6 Å². The van der Waals surface area contributed by atoms with Crippen molar-refractivity contribution in [1.29, 1.82) is 0 Å². The minimum Gasteiger partial charge on any atom is -0.379 e. The van der Waals surface area contributed by atoms with Gasteiger partial charge in [0.2, 0.25) is 35.4 Å². The molecule has 79 heavy (non-hydrogen) atoms. The Morgan fingerprint density at radius 3 is 1.91 bits per heavy atom. The Labute approximate surface area is 469 Å². The molecule has 2 aromatic carbocycles. The molecule has 9 atom stereocenters. The lowest BCUT2D eigenvalue weighted by molar-refractivity contribution is -0.148. The lowest BCUT2D eigenvalue weighted by Crippen LogP contribution is -2.60. The van der Waals surface area contributed by atoms with E-state index >= 15 is 0 Å². The van der Waals surface area contributed by atoms with Gasteiger partial charge in [-0.1, -0.05) is 122 Å². The molecule has 1 fully saturated rings. The first-order valence-electron chi connectivity index (χ1n) is 28.4. The second kappa shape index (κ2) is 33.5. The Kier molecular flexibility index (Phi) is 27.8. The van der Waals surface area contributed by atoms with Crippen LogP contribution in [0.15, 0.2) is 72.8 Å². The number of benzene rings is 2. The van der Waals surface area contributed by atoms with E-state index in [9.17, 15) is 38.4 Å². The fourth-order valence-electron chi connectivity index (χ4n) is 10.8. The number of rotatable bonds is 34. The van der Waals surface area contributed by atoms with Gasteiger partial charge in [0, 0.05) is 59.4 Å². The number of likely N-dealkylation sites (N-methyl/N-ethyl adjacent to an activating group) is 2. The van der Waals surface area contributed by atoms with Crippen molar-refractivity contribution in [2.24, 2.45) is 23.7 Å². The van der Waals surface area contributed by atoms with Crippen LogP contribution in [-0.4, -0.2) is 164 Å². The minimum atomic E-state index is -0.905. The van der Waals surface area contributed by atoms with Gasteiger partial charge in [-0.15, -0.1) is 0 Å². The van der Waals surface area contributed by atoms with Crippen LogP contribution in [0.1, 0.15) is 124 Å². The molecule has 8 amide bonds. The molecular formula is C60H92N8O11. The van der Waals surface area contributed by atoms with Crippen molar-refractivity contribution in [2.45, 2.75) is 168 Å². The van der Waals surface area contributed by atoms with E-state index in [1.807, 2.05) is 119 Å². The average Bonchev–Trinajstić information content (AvgIpc) is 4.10. The summed E-state index contributed by atoms with van der Waals surface area (Å²) in [6.45, 7) is 15.3. The highest BCUT2D eigenvalue weighted by atomic mass is 16.5. The number of carbonyl (C=O) groups excluding carboxylic acids is 8. The molecule has 0 radical (unpaired) electrons. The summed E-state index contributed by atoms with van der Waals surface area (Å²) in [7, 11) is 6.63. The molecule has 0 aliphatic carbocycles. The van der Waals surface area contributed by atoms with Crippen molar-refractivity contribution >= 4 is 47.3 Å². The van der Waals surface area contributed by atoms with Crippen molar-refractivity contribution in [1.82, 2.24) is 41.1 Å². The van der Waals surface area contributed by atoms with Crippen LogP contribution in [0.5, 0.6) is 0 Å². The van der Waals surface area contributed by atoms with Crippen LogP contribution in [0.2, 0.25) is 0 Å². The van der Waals surface area contributed by atoms with Gasteiger partial charge >= 0.3 is 0 Å². The topological polar surface area (TPSA) is 225 Å². The quantitative estimate of drug-likeness (QED) is 0.0395. The summed E-state index contributed by atoms with van der Waals surface area (Å²) in [5, 5.41) is 6.31. The van der Waals surface area contributed by atoms with Crippen molar-refractivity contribution in [3.05, 3.63) is 83.9 Å². The summed E-state index contributed by atoms with van der Waals surface area (Å²) >= 11 is 0. The van der Waals surface area contributed by atoms with Crippen LogP contribution in [0.3, 0.4) is 0 Å². The van der Waals surface area contributed by atoms with E-state index < -0.39 is 36.3 Å². The lowest BCUT2D eigenvalue weighted by atomic mass is 9.89. The molecule has 2 aliphatic heterocycles. The van der Waals surface area contributed by atoms with E-state index in [0.29, 0.717) is 71.2 Å². The molecule has 0 bridgehead atoms. The molecule has 8 unspecified atom stereocenters. The number of amides is 8. The number of hydrazine groups is 1. The van der Waals surface area contributed by atoms with Crippen molar-refractivity contribution in [3.8, 4) is 0 Å². The van der Waals surface area contributed by atoms with Crippen LogP contribution >= 0.6 is 0 Å². The highest BCUT2D eigenvalue weighted by Gasteiger charge is 2.43. The van der Waals surface area contributed by atoms with E-state index in [2.05, 4.69) is 21.5 Å². The average molecular weight is 1100 g/mol. The van der Waals surface area contributed by atoms with E-state index in [1.165, 1.54) is 12.2 Å². The third kappa shape index (κ3) is 20.2. The van der Waals surface area contributed by atoms with Gasteiger partial charge in [0.15, 0.2) is 0 Å². The molecule has 19 nitrogen and oxygen atoms in total. The number of nitrogens with zero attached hydrogens (tertiary/aromatic N) is 4. The SMILES string of the molecule is CCC(C)C(C(CC(=O)N1CCC[C@H]1C(OC)C(C)C(=O)NC(COCc1ccccc1)Cc1ccccc1)OC)N(C)C(=O)C(NC(=O)C(C(C)C)N(C)CCCC(=O)NNC(=O)CCCCCN1C(=O)C=CC1=O)C(C)C. The Morgan fingerprint density at radius 2 is 1.34 bits per heavy atom. The van der Waals surface area contributed by atoms with Gasteiger partial charge in [-0.2, -0.15) is 0 Å². The number of likely N-dealkylation sites (tertiary alicyclic amines) is 1. The smallest absolute Gasteiger partial charge is 0.253 e. The Balaban J connectivity index is 1.33. The minimum absolute atomic E-state index is 0.0229. The molecule has 19 heteroatoms. The van der Waals surface area contributed by atoms with Gasteiger partial charge in [0.05, 0.1) is 61.9 Å². The number of hydrogen-bond acceptors (Lipinski definition) is 12. The number of nitrogens with one attached hydrogen (secondary N) is 4. The van der Waals surface area contributed by atoms with Gasteiger partial charge in [0.1, 0.15) is 6.04 Å². The number of carbonyl (C=O) groups is 8. The van der Waals surface area contributed by atoms with Gasteiger partial charge in [-0.05, 0) is 81.0 Å². The van der Waals surface area contributed by atoms with Crippen molar-refractivity contribution in [2.75, 3.05) is 54.6 Å². The van der Waals surface area contributed by atoms with Crippen LogP contribution in [0, 0.1) is 23.7 Å². The molecular weight excluding hydrogens is 1010 g/mol. The van der Waals surface area contributed by atoms with Crippen LogP contribution < -0.4 is 21.5 Å². The predicted molar refractivity (Wildman–Crippen MR) is 302 cm³/mol. The summed E-state index contributed by atoms with van der Waals surface area (Å²) in [5.41, 5.74) is 6.98. The Bertz CT molecular complexity index is 2280. The maximum absolute atomic E-state index is 14.7. The molecule has 2 aliphatic rings. The zero-order valence-corrected chi connectivity index (χ0v) is 48.9. The molecule has 2 heterocycles. The van der Waals surface area contributed by atoms with Crippen LogP contribution in [-0.2, 0) is 65.6 Å². The molecule has 4 N–H and O–H groups in total. The lowest BCUT2D eigenvalue weighted by Gasteiger charge is -2.41. The zero-order chi connectivity index (χ0) is 58.2. The fraction of sp³-hybridized carbons (Fsp3) is 0.633. The largest absolute Gasteiger partial charge is 0.379 e. The molecule has 1 saturated heterocycles. The standard InChI is InChI=1S/C60H92N8O11/c1-12-42(6)56(48(77-10)37-53(73)67-35-22-28-47(67)57(78-11)43(7)58(74)61-46(36-44-24-16-13-17-25-44)39-79-38-45-26-18-14-19-27-45)66(9)60(76)54(40(2)3)62-59(75)55(41(4)5)65(8)33-23-30-50(70)64-63-49(69)29-20-15-21-34-68-51(71)31-32-52(68)72/h13-14,16-19,24-27,31-32,40-43,46-48,54-57H,12,15,20-23,28-30,33-39H2,1-11H3,(H,61,74)(H,62,75)(H,63,69)(H,64,70)/t42?,43?,46?,47-,48?,54?,55?,56?,57?/m0/s1. The summed E-state index contributed by atoms with van der Waals surface area (Å²) < 4.78 is 18.3. The molecule has 4 rings (SSSR count). The number of imide groups is 1. The van der Waals surface area contributed by atoms with Gasteiger partial charge in [-0.3, -0.25) is 59.0 Å². The van der Waals surface area contributed by atoms with E-state index in [1.54, 1.807) is 33.2 Å². The monoisotopic (exact) mass is 1100 g/mol. The van der Waals surface area contributed by atoms with Crippen LogP contribution in [0.4, 0.5) is 0 Å². The second-order valence-electron chi connectivity index (χ2n) is 22.1. The van der Waals surface area contributed by atoms with Gasteiger partial charge in [0.25, 0.3) is 11.8 Å². The summed E-state index contributed by atoms with van der Waals surface area (Å²) in [6.07, 6.45) is 6.14. The maximum Gasteiger partial charge on any atom is 0.253 e. The fourth-order valence-corrected chi connectivity index (χ4v) is 10.8. The van der Waals surface area contributed by atoms with E-state index in [0.717, 1.165) is 22.4 Å². The highest BCUT2D eigenvalue weighted by Crippen LogP contribution is 2.30. The normalized spacial score (nSPS) is 17.5. The summed E-state index contributed by atoms with van der Waals surface area (Å²) in [4.78, 5) is 113. The molecule has 0 aromatic heterocycles. The highest BCUT2D eigenvalue weighted by molar-refractivity contribution is 6.12. The molecule has 0 saturated carbocycles. The van der Waals surface area contributed by atoms with E-state index in [-0.39, 0.29) is 103 Å². The zero-order valence-electron chi connectivity index (χ0n) is 48.9. The number of hydrogen-bond donors (Lipinski definition) is 4. The Hall–Kier alpha value is -6.02. The summed E-state index contributed by atoms with van der Waals surface area (Å²) in [5.74, 6) is -3.58. The molecule has 2 aromatic rings. The third-order valence-electron chi connectivity index (χ3n) is 15.4. The number of methoxy groups -OCH3 is 2. The third-order valence-corrected chi connectivity index (χ3v) is 15.4. The summed E-state index contributed by atoms with van der Waals surface area (Å²) in [6, 6.07) is 17.1. The number of unbranched alkanes of at least 4 members (excludes halogenated alkanes) is 2. The van der Waals surface area contributed by atoms with Crippen molar-refractivity contribution in [3.63, 3.8) is 0 Å². The first-order valence-corrected chi connectivity index (χ1v) is 28.4. The molecule has 0 spiro atoms. The second-order valence-corrected chi connectivity index (χ2v) is 22.1.